The molecule has 0 saturated heterocycles. The molecule has 1 aliphatic heterocycles. The topological polar surface area (TPSA) is 21.3 Å². The Bertz CT molecular complexity index is 279. The molecule has 1 heterocycles. The highest BCUT2D eigenvalue weighted by atomic mass is 16.5. The number of rotatable bonds is 1. The molecule has 0 aliphatic carbocycles. The molecule has 0 bridgehead atoms. The summed E-state index contributed by atoms with van der Waals surface area (Å²) < 4.78 is 5.29. The van der Waals surface area contributed by atoms with Gasteiger partial charge in [0.25, 0.3) is 0 Å². The van der Waals surface area contributed by atoms with E-state index in [4.69, 9.17) is 4.74 Å². The number of methoxy groups -OCH3 is 1. The average Bonchev–Trinajstić information content (AvgIpc) is 2.01. The molecule has 72 valence electrons. The van der Waals surface area contributed by atoms with E-state index in [-0.39, 0.29) is 5.41 Å². The van der Waals surface area contributed by atoms with Gasteiger partial charge in [-0.3, -0.25) is 0 Å². The maximum absolute atomic E-state index is 5.29. The third kappa shape index (κ3) is 1.94. The minimum atomic E-state index is 0.0557. The number of nitrogens with one attached hydrogen (secondary N) is 1. The molecular weight excluding hydrogens is 162 g/mol. The van der Waals surface area contributed by atoms with Crippen LogP contribution in [0.25, 0.3) is 0 Å². The van der Waals surface area contributed by atoms with Crippen molar-refractivity contribution in [1.29, 1.82) is 0 Å². The normalized spacial score (nSPS) is 17.4. The molecular formula is C11H17NO. The summed E-state index contributed by atoms with van der Waals surface area (Å²) in [5, 5.41) is 3.09. The van der Waals surface area contributed by atoms with Crippen LogP contribution in [0.5, 0.6) is 0 Å². The number of allylic oxidation sites excluding steroid dienone is 2. The van der Waals surface area contributed by atoms with E-state index >= 15 is 0 Å². The SMILES string of the molecule is C=C1NC=CC(OC)=C1C(C)(C)C. The monoisotopic (exact) mass is 179 g/mol. The Morgan fingerprint density at radius 3 is 2.38 bits per heavy atom. The van der Waals surface area contributed by atoms with Gasteiger partial charge < -0.3 is 10.1 Å². The van der Waals surface area contributed by atoms with Crippen molar-refractivity contribution in [3.63, 3.8) is 0 Å². The van der Waals surface area contributed by atoms with Gasteiger partial charge in [0.1, 0.15) is 5.76 Å². The van der Waals surface area contributed by atoms with Gasteiger partial charge in [0, 0.05) is 17.5 Å². The fraction of sp³-hybridized carbons (Fsp3) is 0.455. The maximum Gasteiger partial charge on any atom is 0.126 e. The van der Waals surface area contributed by atoms with E-state index < -0.39 is 0 Å². The Morgan fingerprint density at radius 1 is 1.38 bits per heavy atom. The third-order valence-corrected chi connectivity index (χ3v) is 2.01. The molecule has 1 aliphatic rings. The van der Waals surface area contributed by atoms with Crippen molar-refractivity contribution in [2.45, 2.75) is 20.8 Å². The first kappa shape index (κ1) is 9.90. The van der Waals surface area contributed by atoms with Crippen LogP contribution >= 0.6 is 0 Å². The molecule has 2 heteroatoms. The van der Waals surface area contributed by atoms with Crippen molar-refractivity contribution < 1.29 is 4.74 Å². The number of ether oxygens (including phenoxy) is 1. The van der Waals surface area contributed by atoms with E-state index in [9.17, 15) is 0 Å². The minimum Gasteiger partial charge on any atom is -0.496 e. The van der Waals surface area contributed by atoms with Crippen LogP contribution in [0.3, 0.4) is 0 Å². The molecule has 1 rings (SSSR count). The maximum atomic E-state index is 5.29. The van der Waals surface area contributed by atoms with Crippen LogP contribution in [0.4, 0.5) is 0 Å². The van der Waals surface area contributed by atoms with Gasteiger partial charge in [-0.1, -0.05) is 27.4 Å². The van der Waals surface area contributed by atoms with Crippen LogP contribution in [0.2, 0.25) is 0 Å². The average molecular weight is 179 g/mol. The second-order valence-corrected chi connectivity index (χ2v) is 4.15. The first-order chi connectivity index (χ1) is 5.96. The quantitative estimate of drug-likeness (QED) is 0.668. The molecule has 0 amide bonds. The number of dihydropyridines is 1. The van der Waals surface area contributed by atoms with Crippen molar-refractivity contribution >= 4 is 0 Å². The van der Waals surface area contributed by atoms with Gasteiger partial charge >= 0.3 is 0 Å². The molecule has 13 heavy (non-hydrogen) atoms. The molecule has 0 aromatic rings. The van der Waals surface area contributed by atoms with Crippen LogP contribution in [-0.2, 0) is 4.74 Å². The lowest BCUT2D eigenvalue weighted by molar-refractivity contribution is 0.289. The van der Waals surface area contributed by atoms with E-state index in [2.05, 4.69) is 32.7 Å². The van der Waals surface area contributed by atoms with E-state index in [1.165, 1.54) is 0 Å². The Kier molecular flexibility index (Phi) is 2.50. The smallest absolute Gasteiger partial charge is 0.126 e. The summed E-state index contributed by atoms with van der Waals surface area (Å²) in [5.41, 5.74) is 2.12. The molecule has 0 saturated carbocycles. The zero-order chi connectivity index (χ0) is 10.1. The third-order valence-electron chi connectivity index (χ3n) is 2.01. The summed E-state index contributed by atoms with van der Waals surface area (Å²) in [7, 11) is 1.68. The molecule has 2 nitrogen and oxygen atoms in total. The van der Waals surface area contributed by atoms with Crippen LogP contribution in [0.15, 0.2) is 35.9 Å². The van der Waals surface area contributed by atoms with Gasteiger partial charge in [-0.05, 0) is 11.5 Å². The van der Waals surface area contributed by atoms with Crippen molar-refractivity contribution in [2.75, 3.05) is 7.11 Å². The summed E-state index contributed by atoms with van der Waals surface area (Å²) in [6.07, 6.45) is 3.77. The lowest BCUT2D eigenvalue weighted by Crippen LogP contribution is -2.22. The highest BCUT2D eigenvalue weighted by molar-refractivity contribution is 5.42. The summed E-state index contributed by atoms with van der Waals surface area (Å²) in [6, 6.07) is 0. The van der Waals surface area contributed by atoms with Crippen LogP contribution in [-0.4, -0.2) is 7.11 Å². The standard InChI is InChI=1S/C11H17NO/c1-8-10(11(2,3)4)9(13-5)6-7-12-8/h6-7,12H,1H2,2-5H3. The summed E-state index contributed by atoms with van der Waals surface area (Å²) in [5.74, 6) is 0.899. The molecule has 0 aromatic carbocycles. The first-order valence-corrected chi connectivity index (χ1v) is 4.38. The van der Waals surface area contributed by atoms with Gasteiger partial charge in [-0.15, -0.1) is 0 Å². The zero-order valence-electron chi connectivity index (χ0n) is 8.77. The van der Waals surface area contributed by atoms with Crippen molar-refractivity contribution in [3.05, 3.63) is 35.9 Å². The first-order valence-electron chi connectivity index (χ1n) is 4.38. The summed E-state index contributed by atoms with van der Waals surface area (Å²) in [6.45, 7) is 10.4. The van der Waals surface area contributed by atoms with E-state index in [0.29, 0.717) is 0 Å². The molecule has 0 aromatic heterocycles. The van der Waals surface area contributed by atoms with Gasteiger partial charge in [-0.25, -0.2) is 0 Å². The molecule has 0 fully saturated rings. The summed E-state index contributed by atoms with van der Waals surface area (Å²) in [4.78, 5) is 0. The largest absolute Gasteiger partial charge is 0.496 e. The van der Waals surface area contributed by atoms with Crippen molar-refractivity contribution in [3.8, 4) is 0 Å². The molecule has 0 radical (unpaired) electrons. The minimum absolute atomic E-state index is 0.0557. The van der Waals surface area contributed by atoms with E-state index in [1.807, 2.05) is 12.3 Å². The molecule has 1 N–H and O–H groups in total. The van der Waals surface area contributed by atoms with Crippen LogP contribution in [0.1, 0.15) is 20.8 Å². The second kappa shape index (κ2) is 3.29. The predicted octanol–water partition coefficient (Wildman–Crippen LogP) is 2.56. The number of hydrogen-bond acceptors (Lipinski definition) is 2. The zero-order valence-corrected chi connectivity index (χ0v) is 8.77. The fourth-order valence-electron chi connectivity index (χ4n) is 1.51. The Morgan fingerprint density at radius 2 is 2.00 bits per heavy atom. The molecule has 0 spiro atoms. The summed E-state index contributed by atoms with van der Waals surface area (Å²) >= 11 is 0. The van der Waals surface area contributed by atoms with Gasteiger partial charge in [-0.2, -0.15) is 0 Å². The Labute approximate surface area is 80.0 Å². The second-order valence-electron chi connectivity index (χ2n) is 4.15. The van der Waals surface area contributed by atoms with Crippen LogP contribution < -0.4 is 5.32 Å². The molecule has 0 unspecified atom stereocenters. The fourth-order valence-corrected chi connectivity index (χ4v) is 1.51. The van der Waals surface area contributed by atoms with Crippen LogP contribution in [0, 0.1) is 5.41 Å². The Balaban J connectivity index is 3.17. The van der Waals surface area contributed by atoms with E-state index in [1.54, 1.807) is 7.11 Å². The lowest BCUT2D eigenvalue weighted by atomic mass is 9.83. The van der Waals surface area contributed by atoms with Crippen molar-refractivity contribution in [1.82, 2.24) is 5.32 Å². The lowest BCUT2D eigenvalue weighted by Gasteiger charge is -2.28. The highest BCUT2D eigenvalue weighted by Gasteiger charge is 2.25. The van der Waals surface area contributed by atoms with E-state index in [0.717, 1.165) is 17.0 Å². The number of hydrogen-bond donors (Lipinski definition) is 1. The van der Waals surface area contributed by atoms with Crippen molar-refractivity contribution in [2.24, 2.45) is 5.41 Å². The van der Waals surface area contributed by atoms with Gasteiger partial charge in [0.05, 0.1) is 7.11 Å². The predicted molar refractivity (Wildman–Crippen MR) is 54.9 cm³/mol. The molecule has 0 atom stereocenters. The Hall–Kier alpha value is -1.18. The highest BCUT2D eigenvalue weighted by Crippen LogP contribution is 2.34. The van der Waals surface area contributed by atoms with Gasteiger partial charge in [0.15, 0.2) is 0 Å². The van der Waals surface area contributed by atoms with Gasteiger partial charge in [0.2, 0.25) is 0 Å².